The fourth-order valence-electron chi connectivity index (χ4n) is 2.11. The highest BCUT2D eigenvalue weighted by atomic mass is 35.5. The molecule has 1 atom stereocenters. The van der Waals surface area contributed by atoms with Gasteiger partial charge in [0, 0.05) is 11.6 Å². The van der Waals surface area contributed by atoms with Gasteiger partial charge in [0.1, 0.15) is 5.82 Å². The van der Waals surface area contributed by atoms with Gasteiger partial charge in [-0.25, -0.2) is 4.39 Å². The Morgan fingerprint density at radius 1 is 1.50 bits per heavy atom. The molecule has 1 aliphatic heterocycles. The van der Waals surface area contributed by atoms with Gasteiger partial charge in [0.2, 0.25) is 0 Å². The van der Waals surface area contributed by atoms with Crippen molar-refractivity contribution in [2.45, 2.75) is 12.5 Å². The number of halogens is 2. The number of morpholine rings is 1. The Balaban J connectivity index is 2.25. The van der Waals surface area contributed by atoms with Gasteiger partial charge in [-0.15, -0.1) is 0 Å². The van der Waals surface area contributed by atoms with Gasteiger partial charge in [-0.05, 0) is 18.2 Å². The van der Waals surface area contributed by atoms with E-state index in [1.165, 1.54) is 17.0 Å². The maximum atomic E-state index is 13.7. The third-order valence-electron chi connectivity index (χ3n) is 3.06. The predicted molar refractivity (Wildman–Crippen MR) is 69.3 cm³/mol. The topological polar surface area (TPSA) is 66.8 Å². The first-order valence-corrected chi connectivity index (χ1v) is 6.42. The molecule has 0 spiro atoms. The lowest BCUT2D eigenvalue weighted by Gasteiger charge is -2.35. The summed E-state index contributed by atoms with van der Waals surface area (Å²) >= 11 is 5.76. The van der Waals surface area contributed by atoms with Gasteiger partial charge in [0.05, 0.1) is 31.2 Å². The minimum absolute atomic E-state index is 0.125. The van der Waals surface area contributed by atoms with Crippen molar-refractivity contribution in [3.05, 3.63) is 34.6 Å². The predicted octanol–water partition coefficient (Wildman–Crippen LogP) is 1.79. The first kappa shape index (κ1) is 14.7. The van der Waals surface area contributed by atoms with Gasteiger partial charge in [-0.1, -0.05) is 11.6 Å². The molecule has 1 aliphatic rings. The largest absolute Gasteiger partial charge is 0.481 e. The highest BCUT2D eigenvalue weighted by molar-refractivity contribution is 6.31. The number of hydrogen-bond donors (Lipinski definition) is 1. The molecular weight excluding hydrogens is 289 g/mol. The maximum Gasteiger partial charge on any atom is 0.305 e. The number of rotatable bonds is 3. The van der Waals surface area contributed by atoms with E-state index < -0.39 is 23.7 Å². The van der Waals surface area contributed by atoms with Crippen molar-refractivity contribution in [1.29, 1.82) is 0 Å². The second-order valence-electron chi connectivity index (χ2n) is 4.45. The van der Waals surface area contributed by atoms with Crippen molar-refractivity contribution < 1.29 is 23.8 Å². The quantitative estimate of drug-likeness (QED) is 0.924. The summed E-state index contributed by atoms with van der Waals surface area (Å²) in [6, 6.07) is 3.10. The molecule has 5 nitrogen and oxygen atoms in total. The first-order valence-electron chi connectivity index (χ1n) is 6.04. The Labute approximate surface area is 119 Å². The number of carboxylic acid groups (broad SMARTS) is 1. The molecule has 1 unspecified atom stereocenters. The van der Waals surface area contributed by atoms with E-state index in [2.05, 4.69) is 0 Å². The first-order chi connectivity index (χ1) is 9.49. The standard InChI is InChI=1S/C13H13ClFNO4/c14-8-1-2-11(15)10(5-8)13(19)16-3-4-20-7-9(16)6-12(17)18/h1-2,5,9H,3-4,6-7H2,(H,17,18). The molecule has 20 heavy (non-hydrogen) atoms. The average molecular weight is 302 g/mol. The molecule has 108 valence electrons. The molecule has 1 fully saturated rings. The van der Waals surface area contributed by atoms with Crippen LogP contribution in [-0.4, -0.2) is 47.7 Å². The lowest BCUT2D eigenvalue weighted by molar-refractivity contribution is -0.139. The van der Waals surface area contributed by atoms with Gasteiger partial charge in [0.25, 0.3) is 5.91 Å². The highest BCUT2D eigenvalue weighted by Crippen LogP contribution is 2.20. The van der Waals surface area contributed by atoms with Crippen LogP contribution in [-0.2, 0) is 9.53 Å². The fourth-order valence-corrected chi connectivity index (χ4v) is 2.28. The number of nitrogens with zero attached hydrogens (tertiary/aromatic N) is 1. The molecule has 0 bridgehead atoms. The molecule has 1 N–H and O–H groups in total. The summed E-state index contributed by atoms with van der Waals surface area (Å²) in [4.78, 5) is 24.5. The zero-order valence-electron chi connectivity index (χ0n) is 10.5. The van der Waals surface area contributed by atoms with Crippen molar-refractivity contribution in [3.8, 4) is 0 Å². The molecule has 0 aromatic heterocycles. The highest BCUT2D eigenvalue weighted by Gasteiger charge is 2.31. The fraction of sp³-hybridized carbons (Fsp3) is 0.385. The van der Waals surface area contributed by atoms with E-state index in [0.29, 0.717) is 6.61 Å². The Hall–Kier alpha value is -1.66. The second-order valence-corrected chi connectivity index (χ2v) is 4.89. The van der Waals surface area contributed by atoms with Gasteiger partial charge in [-0.3, -0.25) is 9.59 Å². The van der Waals surface area contributed by atoms with Crippen molar-refractivity contribution in [2.75, 3.05) is 19.8 Å². The Kier molecular flexibility index (Phi) is 4.57. The van der Waals surface area contributed by atoms with Gasteiger partial charge in [-0.2, -0.15) is 0 Å². The molecule has 1 saturated heterocycles. The van der Waals surface area contributed by atoms with Crippen LogP contribution in [0.3, 0.4) is 0 Å². The van der Waals surface area contributed by atoms with Crippen LogP contribution in [0.1, 0.15) is 16.8 Å². The van der Waals surface area contributed by atoms with Crippen LogP contribution in [0.4, 0.5) is 4.39 Å². The van der Waals surface area contributed by atoms with Crippen molar-refractivity contribution >= 4 is 23.5 Å². The van der Waals surface area contributed by atoms with Gasteiger partial charge >= 0.3 is 5.97 Å². The average Bonchev–Trinajstić information content (AvgIpc) is 2.41. The van der Waals surface area contributed by atoms with E-state index >= 15 is 0 Å². The van der Waals surface area contributed by atoms with E-state index in [0.717, 1.165) is 6.07 Å². The summed E-state index contributed by atoms with van der Waals surface area (Å²) in [7, 11) is 0. The van der Waals surface area contributed by atoms with Crippen LogP contribution in [0.15, 0.2) is 18.2 Å². The minimum atomic E-state index is -1.04. The number of carboxylic acids is 1. The molecule has 1 heterocycles. The SMILES string of the molecule is O=C(O)CC1COCCN1C(=O)c1cc(Cl)ccc1F. The van der Waals surface area contributed by atoms with Crippen LogP contribution in [0, 0.1) is 5.82 Å². The van der Waals surface area contributed by atoms with Gasteiger partial charge in [0.15, 0.2) is 0 Å². The number of amides is 1. The number of aliphatic carboxylic acids is 1. The normalized spacial score (nSPS) is 18.9. The number of carbonyl (C=O) groups is 2. The Bertz CT molecular complexity index is 537. The lowest BCUT2D eigenvalue weighted by Crippen LogP contribution is -2.49. The monoisotopic (exact) mass is 301 g/mol. The molecular formula is C13H13ClFNO4. The third-order valence-corrected chi connectivity index (χ3v) is 3.29. The number of ether oxygens (including phenoxy) is 1. The van der Waals surface area contributed by atoms with E-state index in [9.17, 15) is 14.0 Å². The van der Waals surface area contributed by atoms with E-state index in [-0.39, 0.29) is 30.2 Å². The lowest BCUT2D eigenvalue weighted by atomic mass is 10.1. The molecule has 0 aliphatic carbocycles. The van der Waals surface area contributed by atoms with Crippen molar-refractivity contribution in [3.63, 3.8) is 0 Å². The molecule has 2 rings (SSSR count). The molecule has 1 aromatic carbocycles. The summed E-state index contributed by atoms with van der Waals surface area (Å²) in [6.45, 7) is 0.646. The Morgan fingerprint density at radius 3 is 2.95 bits per heavy atom. The summed E-state index contributed by atoms with van der Waals surface area (Å²) in [5.74, 6) is -2.29. The smallest absolute Gasteiger partial charge is 0.305 e. The van der Waals surface area contributed by atoms with Gasteiger partial charge < -0.3 is 14.7 Å². The van der Waals surface area contributed by atoms with Crippen LogP contribution in [0.5, 0.6) is 0 Å². The van der Waals surface area contributed by atoms with Crippen LogP contribution >= 0.6 is 11.6 Å². The summed E-state index contributed by atoms with van der Waals surface area (Å²) < 4.78 is 18.9. The van der Waals surface area contributed by atoms with E-state index in [4.69, 9.17) is 21.4 Å². The zero-order chi connectivity index (χ0) is 14.7. The second kappa shape index (κ2) is 6.19. The van der Waals surface area contributed by atoms with Crippen LogP contribution in [0.25, 0.3) is 0 Å². The van der Waals surface area contributed by atoms with Crippen molar-refractivity contribution in [1.82, 2.24) is 4.90 Å². The Morgan fingerprint density at radius 2 is 2.25 bits per heavy atom. The maximum absolute atomic E-state index is 13.7. The molecule has 1 aromatic rings. The molecule has 1 amide bonds. The molecule has 7 heteroatoms. The minimum Gasteiger partial charge on any atom is -0.481 e. The van der Waals surface area contributed by atoms with E-state index in [1.807, 2.05) is 0 Å². The van der Waals surface area contributed by atoms with Crippen molar-refractivity contribution in [2.24, 2.45) is 0 Å². The summed E-state index contributed by atoms with van der Waals surface area (Å²) in [5.41, 5.74) is -0.158. The third kappa shape index (κ3) is 3.26. The summed E-state index contributed by atoms with van der Waals surface area (Å²) in [5, 5.41) is 9.09. The summed E-state index contributed by atoms with van der Waals surface area (Å²) in [6.07, 6.45) is -0.242. The molecule has 0 radical (unpaired) electrons. The van der Waals surface area contributed by atoms with Crippen LogP contribution < -0.4 is 0 Å². The zero-order valence-corrected chi connectivity index (χ0v) is 11.3. The van der Waals surface area contributed by atoms with Crippen LogP contribution in [0.2, 0.25) is 5.02 Å². The molecule has 0 saturated carbocycles. The van der Waals surface area contributed by atoms with E-state index in [1.54, 1.807) is 0 Å². The number of hydrogen-bond acceptors (Lipinski definition) is 3. The number of benzene rings is 1. The number of carbonyl (C=O) groups excluding carboxylic acids is 1.